The summed E-state index contributed by atoms with van der Waals surface area (Å²) in [7, 11) is 0. The first-order chi connectivity index (χ1) is 7.38. The summed E-state index contributed by atoms with van der Waals surface area (Å²) in [4.78, 5) is 0. The molecule has 2 aliphatic carbocycles. The predicted molar refractivity (Wildman–Crippen MR) is 65.8 cm³/mol. The molecule has 0 aliphatic heterocycles. The van der Waals surface area contributed by atoms with E-state index in [1.54, 1.807) is 24.3 Å². The van der Waals surface area contributed by atoms with Gasteiger partial charge < -0.3 is 22.9 Å². The number of rotatable bonds is 0. The van der Waals surface area contributed by atoms with Gasteiger partial charge in [-0.1, -0.05) is 24.3 Å². The summed E-state index contributed by atoms with van der Waals surface area (Å²) in [5.74, 6) is 0. The number of allylic oxidation sites excluding steroid dienone is 6. The predicted octanol–water partition coefficient (Wildman–Crippen LogP) is -0.238. The Balaban J connectivity index is 2.28. The van der Waals surface area contributed by atoms with E-state index in [0.29, 0.717) is 0 Å². The molecule has 16 heavy (non-hydrogen) atoms. The van der Waals surface area contributed by atoms with Crippen molar-refractivity contribution in [3.63, 3.8) is 0 Å². The number of nitrogens with two attached hydrogens (primary N) is 4. The van der Waals surface area contributed by atoms with Gasteiger partial charge in [-0.2, -0.15) is 0 Å². The van der Waals surface area contributed by atoms with Gasteiger partial charge in [0.2, 0.25) is 0 Å². The summed E-state index contributed by atoms with van der Waals surface area (Å²) in [6.07, 6.45) is 14.6. The van der Waals surface area contributed by atoms with Gasteiger partial charge in [-0.15, -0.1) is 0 Å². The molecule has 4 nitrogen and oxygen atoms in total. The molecular weight excluding hydrogens is 200 g/mol. The third-order valence-corrected chi connectivity index (χ3v) is 2.54. The van der Waals surface area contributed by atoms with Crippen LogP contribution >= 0.6 is 0 Å². The molecule has 2 rings (SSSR count). The first-order valence-corrected chi connectivity index (χ1v) is 5.05. The minimum atomic E-state index is -0.850. The van der Waals surface area contributed by atoms with Crippen molar-refractivity contribution in [3.05, 3.63) is 59.8 Å². The fraction of sp³-hybridized carbons (Fsp3) is 0.167. The molecule has 4 heteroatoms. The van der Waals surface area contributed by atoms with Gasteiger partial charge in [0, 0.05) is 0 Å². The van der Waals surface area contributed by atoms with Crippen LogP contribution in [-0.2, 0) is 0 Å². The summed E-state index contributed by atoms with van der Waals surface area (Å²) < 4.78 is 0. The standard InChI is InChI=1S/C12H16N4/c13-11(14)5-1-9(2-6-11)10-3-7-12(15,16)8-4-10/h1-8H,13-16H2. The zero-order valence-electron chi connectivity index (χ0n) is 8.93. The second-order valence-corrected chi connectivity index (χ2v) is 4.24. The molecule has 0 unspecified atom stereocenters. The Morgan fingerprint density at radius 2 is 0.812 bits per heavy atom. The molecule has 0 saturated carbocycles. The van der Waals surface area contributed by atoms with E-state index in [2.05, 4.69) is 0 Å². The van der Waals surface area contributed by atoms with E-state index < -0.39 is 11.3 Å². The molecule has 0 aromatic carbocycles. The van der Waals surface area contributed by atoms with Crippen LogP contribution in [0.25, 0.3) is 0 Å². The average molecular weight is 216 g/mol. The van der Waals surface area contributed by atoms with Crippen molar-refractivity contribution in [2.45, 2.75) is 11.3 Å². The van der Waals surface area contributed by atoms with Crippen LogP contribution in [0, 0.1) is 0 Å². The van der Waals surface area contributed by atoms with Crippen LogP contribution in [0.4, 0.5) is 0 Å². The van der Waals surface area contributed by atoms with E-state index in [-0.39, 0.29) is 0 Å². The number of hydrogen-bond donors (Lipinski definition) is 4. The third-order valence-electron chi connectivity index (χ3n) is 2.54. The minimum absolute atomic E-state index is 0.850. The van der Waals surface area contributed by atoms with Gasteiger partial charge in [-0.05, 0) is 35.5 Å². The lowest BCUT2D eigenvalue weighted by Gasteiger charge is -2.22. The average Bonchev–Trinajstić information content (AvgIpc) is 2.19. The summed E-state index contributed by atoms with van der Waals surface area (Å²) in [6, 6.07) is 0. The van der Waals surface area contributed by atoms with Gasteiger partial charge >= 0.3 is 0 Å². The molecule has 84 valence electrons. The third kappa shape index (κ3) is 2.37. The summed E-state index contributed by atoms with van der Waals surface area (Å²) in [5, 5.41) is 0. The Hall–Kier alpha value is -1.46. The van der Waals surface area contributed by atoms with Crippen molar-refractivity contribution < 1.29 is 0 Å². The summed E-state index contributed by atoms with van der Waals surface area (Å²) in [6.45, 7) is 0. The van der Waals surface area contributed by atoms with E-state index in [4.69, 9.17) is 22.9 Å². The highest BCUT2D eigenvalue weighted by Crippen LogP contribution is 2.21. The highest BCUT2D eigenvalue weighted by Gasteiger charge is 2.17. The van der Waals surface area contributed by atoms with E-state index in [0.717, 1.165) is 11.1 Å². The van der Waals surface area contributed by atoms with Gasteiger partial charge in [0.1, 0.15) is 11.3 Å². The fourth-order valence-corrected chi connectivity index (χ4v) is 1.54. The molecule has 0 fully saturated rings. The van der Waals surface area contributed by atoms with Gasteiger partial charge in [0.15, 0.2) is 0 Å². The molecular formula is C12H16N4. The van der Waals surface area contributed by atoms with E-state index >= 15 is 0 Å². The lowest BCUT2D eigenvalue weighted by Crippen LogP contribution is -2.46. The Morgan fingerprint density at radius 3 is 1.06 bits per heavy atom. The molecule has 0 bridgehead atoms. The molecule has 0 aromatic heterocycles. The lowest BCUT2D eigenvalue weighted by molar-refractivity contribution is 0.685. The van der Waals surface area contributed by atoms with Gasteiger partial charge in [0.05, 0.1) is 0 Å². The zero-order chi connectivity index (χ0) is 11.8. The topological polar surface area (TPSA) is 104 Å². The Morgan fingerprint density at radius 1 is 0.562 bits per heavy atom. The Labute approximate surface area is 94.7 Å². The molecule has 0 spiro atoms. The van der Waals surface area contributed by atoms with Crippen molar-refractivity contribution in [1.82, 2.24) is 0 Å². The molecule has 0 atom stereocenters. The lowest BCUT2D eigenvalue weighted by atomic mass is 9.94. The molecule has 2 aliphatic rings. The van der Waals surface area contributed by atoms with Crippen LogP contribution in [0.1, 0.15) is 0 Å². The first-order valence-electron chi connectivity index (χ1n) is 5.05. The molecule has 0 saturated heterocycles. The Bertz CT molecular complexity index is 370. The number of hydrogen-bond acceptors (Lipinski definition) is 4. The summed E-state index contributed by atoms with van der Waals surface area (Å²) >= 11 is 0. The molecule has 0 radical (unpaired) electrons. The highest BCUT2D eigenvalue weighted by molar-refractivity contribution is 5.53. The van der Waals surface area contributed by atoms with Crippen molar-refractivity contribution in [1.29, 1.82) is 0 Å². The Kier molecular flexibility index (Phi) is 2.44. The summed E-state index contributed by atoms with van der Waals surface area (Å²) in [5.41, 5.74) is 23.2. The minimum Gasteiger partial charge on any atom is -0.307 e. The van der Waals surface area contributed by atoms with Crippen LogP contribution in [-0.4, -0.2) is 11.3 Å². The van der Waals surface area contributed by atoms with E-state index in [1.807, 2.05) is 24.3 Å². The van der Waals surface area contributed by atoms with E-state index in [9.17, 15) is 0 Å². The SMILES string of the molecule is NC1(N)C=CC(=C2C=CC(N)(N)C=C2)C=C1. The second-order valence-electron chi connectivity index (χ2n) is 4.24. The second kappa shape index (κ2) is 3.54. The normalized spacial score (nSPS) is 25.2. The van der Waals surface area contributed by atoms with Gasteiger partial charge in [0.25, 0.3) is 0 Å². The molecule has 0 amide bonds. The van der Waals surface area contributed by atoms with Crippen molar-refractivity contribution in [3.8, 4) is 0 Å². The van der Waals surface area contributed by atoms with Gasteiger partial charge in [-0.25, -0.2) is 0 Å². The van der Waals surface area contributed by atoms with Gasteiger partial charge in [-0.3, -0.25) is 0 Å². The highest BCUT2D eigenvalue weighted by atomic mass is 14.9. The van der Waals surface area contributed by atoms with Crippen LogP contribution in [0.3, 0.4) is 0 Å². The maximum Gasteiger partial charge on any atom is 0.103 e. The quantitative estimate of drug-likeness (QED) is 0.419. The van der Waals surface area contributed by atoms with Crippen molar-refractivity contribution in [2.24, 2.45) is 22.9 Å². The molecule has 0 aromatic rings. The molecule has 8 N–H and O–H groups in total. The maximum atomic E-state index is 5.72. The first kappa shape index (κ1) is 11.0. The maximum absolute atomic E-state index is 5.72. The zero-order valence-corrected chi connectivity index (χ0v) is 8.93. The van der Waals surface area contributed by atoms with Crippen LogP contribution in [0.5, 0.6) is 0 Å². The van der Waals surface area contributed by atoms with Crippen LogP contribution in [0.2, 0.25) is 0 Å². The van der Waals surface area contributed by atoms with Crippen LogP contribution in [0.15, 0.2) is 59.8 Å². The molecule has 0 heterocycles. The van der Waals surface area contributed by atoms with Crippen molar-refractivity contribution in [2.75, 3.05) is 0 Å². The van der Waals surface area contributed by atoms with Crippen LogP contribution < -0.4 is 22.9 Å². The monoisotopic (exact) mass is 216 g/mol. The largest absolute Gasteiger partial charge is 0.307 e. The van der Waals surface area contributed by atoms with Crippen molar-refractivity contribution >= 4 is 0 Å². The fourth-order valence-electron chi connectivity index (χ4n) is 1.54. The smallest absolute Gasteiger partial charge is 0.103 e. The van der Waals surface area contributed by atoms with E-state index in [1.165, 1.54) is 0 Å².